The third kappa shape index (κ3) is 2.54. The van der Waals surface area contributed by atoms with E-state index in [1.807, 2.05) is 6.92 Å². The fourth-order valence-corrected chi connectivity index (χ4v) is 3.29. The molecule has 1 N–H and O–H groups in total. The molecule has 1 saturated carbocycles. The molecule has 16 heavy (non-hydrogen) atoms. The van der Waals surface area contributed by atoms with Crippen LogP contribution in [0.5, 0.6) is 0 Å². The summed E-state index contributed by atoms with van der Waals surface area (Å²) in [5.41, 5.74) is -0.356. The normalized spacial score (nSPS) is 26.2. The molecule has 1 heterocycles. The van der Waals surface area contributed by atoms with Gasteiger partial charge in [-0.1, -0.05) is 0 Å². The van der Waals surface area contributed by atoms with Crippen molar-refractivity contribution in [2.45, 2.75) is 38.6 Å². The highest BCUT2D eigenvalue weighted by Gasteiger charge is 2.37. The Morgan fingerprint density at radius 2 is 1.94 bits per heavy atom. The van der Waals surface area contributed by atoms with Crippen LogP contribution in [0.4, 0.5) is 0 Å². The monoisotopic (exact) mass is 243 g/mol. The molecule has 2 aliphatic rings. The zero-order valence-corrected chi connectivity index (χ0v) is 10.3. The van der Waals surface area contributed by atoms with Gasteiger partial charge in [0.25, 0.3) is 10.2 Å². The van der Waals surface area contributed by atoms with E-state index in [4.69, 9.17) is 5.26 Å². The molecule has 1 aliphatic carbocycles. The first kappa shape index (κ1) is 11.8. The minimum Gasteiger partial charge on any atom is -0.199 e. The van der Waals surface area contributed by atoms with Crippen molar-refractivity contribution in [3.05, 3.63) is 0 Å². The highest BCUT2D eigenvalue weighted by molar-refractivity contribution is 7.87. The Morgan fingerprint density at radius 1 is 1.38 bits per heavy atom. The maximum atomic E-state index is 11.9. The second-order valence-corrected chi connectivity index (χ2v) is 6.67. The summed E-state index contributed by atoms with van der Waals surface area (Å²) in [7, 11) is -3.30. The first-order chi connectivity index (χ1) is 7.45. The molecule has 0 aromatic carbocycles. The smallest absolute Gasteiger partial charge is 0.199 e. The van der Waals surface area contributed by atoms with Gasteiger partial charge >= 0.3 is 0 Å². The number of nitriles is 1. The van der Waals surface area contributed by atoms with E-state index in [0.29, 0.717) is 25.9 Å². The van der Waals surface area contributed by atoms with Crippen molar-refractivity contribution in [3.63, 3.8) is 0 Å². The van der Waals surface area contributed by atoms with E-state index in [1.165, 1.54) is 4.31 Å². The molecule has 1 aliphatic heterocycles. The van der Waals surface area contributed by atoms with Crippen LogP contribution in [0.25, 0.3) is 0 Å². The van der Waals surface area contributed by atoms with Gasteiger partial charge < -0.3 is 0 Å². The van der Waals surface area contributed by atoms with Gasteiger partial charge in [-0.25, -0.2) is 0 Å². The van der Waals surface area contributed by atoms with Gasteiger partial charge in [0, 0.05) is 19.1 Å². The van der Waals surface area contributed by atoms with Crippen molar-refractivity contribution in [2.24, 2.45) is 5.41 Å². The Bertz CT molecular complexity index is 400. The minimum absolute atomic E-state index is 0.147. The molecule has 90 valence electrons. The van der Waals surface area contributed by atoms with Crippen LogP contribution in [-0.2, 0) is 10.2 Å². The van der Waals surface area contributed by atoms with Crippen molar-refractivity contribution in [1.82, 2.24) is 9.03 Å². The quantitative estimate of drug-likeness (QED) is 0.789. The van der Waals surface area contributed by atoms with Gasteiger partial charge in [0.1, 0.15) is 0 Å². The highest BCUT2D eigenvalue weighted by atomic mass is 32.2. The summed E-state index contributed by atoms with van der Waals surface area (Å²) in [6.07, 6.45) is 3.14. The van der Waals surface area contributed by atoms with Crippen molar-refractivity contribution in [2.75, 3.05) is 13.1 Å². The van der Waals surface area contributed by atoms with E-state index in [2.05, 4.69) is 10.8 Å². The van der Waals surface area contributed by atoms with E-state index in [0.717, 1.165) is 12.8 Å². The third-order valence-corrected chi connectivity index (χ3v) is 5.00. The Balaban J connectivity index is 1.95. The first-order valence-corrected chi connectivity index (χ1v) is 7.08. The Labute approximate surface area is 96.6 Å². The molecule has 0 amide bonds. The van der Waals surface area contributed by atoms with E-state index in [9.17, 15) is 8.42 Å². The summed E-state index contributed by atoms with van der Waals surface area (Å²) in [5.74, 6) is 0. The number of hydrogen-bond acceptors (Lipinski definition) is 3. The predicted octanol–water partition coefficient (Wildman–Crippen LogP) is 0.609. The molecule has 0 atom stereocenters. The lowest BCUT2D eigenvalue weighted by Gasteiger charge is -2.34. The molecule has 1 saturated heterocycles. The Hall–Kier alpha value is -0.640. The SMILES string of the molecule is CC1(C#N)CCN(S(=O)(=O)NC2CC2)CC1. The largest absolute Gasteiger partial charge is 0.279 e. The molecular formula is C10H17N3O2S. The van der Waals surface area contributed by atoms with Gasteiger partial charge in [0.15, 0.2) is 0 Å². The number of nitrogens with zero attached hydrogens (tertiary/aromatic N) is 2. The molecular weight excluding hydrogens is 226 g/mol. The van der Waals surface area contributed by atoms with Crippen LogP contribution in [0.2, 0.25) is 0 Å². The molecule has 2 rings (SSSR count). The fourth-order valence-electron chi connectivity index (χ4n) is 1.82. The number of hydrogen-bond donors (Lipinski definition) is 1. The van der Waals surface area contributed by atoms with Gasteiger partial charge in [-0.3, -0.25) is 0 Å². The van der Waals surface area contributed by atoms with Crippen LogP contribution in [0.3, 0.4) is 0 Å². The van der Waals surface area contributed by atoms with Crippen LogP contribution in [-0.4, -0.2) is 31.9 Å². The first-order valence-electron chi connectivity index (χ1n) is 5.64. The molecule has 0 radical (unpaired) electrons. The molecule has 5 nitrogen and oxygen atoms in total. The van der Waals surface area contributed by atoms with E-state index < -0.39 is 10.2 Å². The van der Waals surface area contributed by atoms with E-state index in [1.54, 1.807) is 0 Å². The summed E-state index contributed by atoms with van der Waals surface area (Å²) in [5, 5.41) is 8.96. The molecule has 0 spiro atoms. The Kier molecular flexibility index (Phi) is 2.95. The maximum Gasteiger partial charge on any atom is 0.279 e. The van der Waals surface area contributed by atoms with E-state index in [-0.39, 0.29) is 11.5 Å². The fraction of sp³-hybridized carbons (Fsp3) is 0.900. The average molecular weight is 243 g/mol. The van der Waals surface area contributed by atoms with Crippen molar-refractivity contribution in [1.29, 1.82) is 5.26 Å². The molecule has 0 aromatic rings. The maximum absolute atomic E-state index is 11.9. The lowest BCUT2D eigenvalue weighted by atomic mass is 9.83. The predicted molar refractivity (Wildman–Crippen MR) is 59.6 cm³/mol. The summed E-state index contributed by atoms with van der Waals surface area (Å²) < 4.78 is 27.9. The zero-order valence-electron chi connectivity index (χ0n) is 9.44. The number of rotatable bonds is 3. The lowest BCUT2D eigenvalue weighted by molar-refractivity contribution is 0.230. The summed E-state index contributed by atoms with van der Waals surface area (Å²) in [6.45, 7) is 2.80. The minimum atomic E-state index is -3.30. The van der Waals surface area contributed by atoms with Crippen LogP contribution < -0.4 is 4.72 Å². The van der Waals surface area contributed by atoms with Crippen molar-refractivity contribution >= 4 is 10.2 Å². The highest BCUT2D eigenvalue weighted by Crippen LogP contribution is 2.31. The molecule has 0 unspecified atom stereocenters. The molecule has 6 heteroatoms. The van der Waals surface area contributed by atoms with Crippen LogP contribution in [0.15, 0.2) is 0 Å². The van der Waals surface area contributed by atoms with E-state index >= 15 is 0 Å². The van der Waals surface area contributed by atoms with Crippen molar-refractivity contribution in [3.8, 4) is 6.07 Å². The van der Waals surface area contributed by atoms with Crippen molar-refractivity contribution < 1.29 is 8.42 Å². The molecule has 0 bridgehead atoms. The second kappa shape index (κ2) is 3.99. The van der Waals surface area contributed by atoms with Crippen LogP contribution in [0, 0.1) is 16.7 Å². The Morgan fingerprint density at radius 3 is 2.38 bits per heavy atom. The molecule has 2 fully saturated rings. The van der Waals surface area contributed by atoms with Gasteiger partial charge in [0.2, 0.25) is 0 Å². The summed E-state index contributed by atoms with van der Waals surface area (Å²) in [4.78, 5) is 0. The third-order valence-electron chi connectivity index (χ3n) is 3.33. The van der Waals surface area contributed by atoms with Gasteiger partial charge in [-0.15, -0.1) is 0 Å². The zero-order chi connectivity index (χ0) is 11.8. The van der Waals surface area contributed by atoms with Crippen LogP contribution >= 0.6 is 0 Å². The lowest BCUT2D eigenvalue weighted by Crippen LogP contribution is -2.47. The molecule has 0 aromatic heterocycles. The van der Waals surface area contributed by atoms with Gasteiger partial charge in [-0.2, -0.15) is 22.7 Å². The topological polar surface area (TPSA) is 73.2 Å². The number of nitrogens with one attached hydrogen (secondary N) is 1. The van der Waals surface area contributed by atoms with Gasteiger partial charge in [0.05, 0.1) is 11.5 Å². The van der Waals surface area contributed by atoms with Crippen LogP contribution in [0.1, 0.15) is 32.6 Å². The second-order valence-electron chi connectivity index (χ2n) is 4.97. The summed E-state index contributed by atoms with van der Waals surface area (Å²) in [6, 6.07) is 2.41. The average Bonchev–Trinajstić information content (AvgIpc) is 3.02. The summed E-state index contributed by atoms with van der Waals surface area (Å²) >= 11 is 0. The van der Waals surface area contributed by atoms with Gasteiger partial charge in [-0.05, 0) is 32.6 Å². The standard InChI is InChI=1S/C10H17N3O2S/c1-10(8-11)4-6-13(7-5-10)16(14,15)12-9-2-3-9/h9,12H,2-7H2,1H3. The number of piperidine rings is 1.